The molecule has 3 heterocycles. The Balaban J connectivity index is 1.22. The Labute approximate surface area is 216 Å². The van der Waals surface area contributed by atoms with Crippen molar-refractivity contribution in [3.05, 3.63) is 78.1 Å². The Hall–Kier alpha value is -3.59. The van der Waals surface area contributed by atoms with E-state index >= 15 is 0 Å². The zero-order valence-corrected chi connectivity index (χ0v) is 21.9. The second-order valence-corrected chi connectivity index (χ2v) is 11.5. The molecule has 0 spiro atoms. The molecule has 2 aromatic carbocycles. The number of rotatable bonds is 8. The van der Waals surface area contributed by atoms with Crippen molar-refractivity contribution in [1.29, 1.82) is 0 Å². The number of likely N-dealkylation sites (tertiary alicyclic amines) is 1. The van der Waals surface area contributed by atoms with E-state index in [2.05, 4.69) is 4.98 Å². The van der Waals surface area contributed by atoms with E-state index in [0.29, 0.717) is 48.2 Å². The number of aryl methyl sites for hydroxylation is 2. The lowest BCUT2D eigenvalue weighted by molar-refractivity contribution is 0.0680. The van der Waals surface area contributed by atoms with E-state index in [0.717, 1.165) is 29.6 Å². The van der Waals surface area contributed by atoms with Crippen LogP contribution < -0.4 is 4.74 Å². The number of aromatic nitrogens is 2. The lowest BCUT2D eigenvalue weighted by atomic mass is 9.95. The second kappa shape index (κ2) is 10.4. The number of nitrogens with zero attached hydrogens (tertiary/aromatic N) is 3. The van der Waals surface area contributed by atoms with Crippen LogP contribution in [-0.4, -0.2) is 54.2 Å². The largest absolute Gasteiger partial charge is 0.490 e. The van der Waals surface area contributed by atoms with Crippen LogP contribution in [0.1, 0.15) is 47.6 Å². The average molecular weight is 522 g/mol. The highest BCUT2D eigenvalue weighted by Gasteiger charge is 2.29. The highest BCUT2D eigenvalue weighted by Crippen LogP contribution is 2.31. The zero-order chi connectivity index (χ0) is 26.0. The zero-order valence-electron chi connectivity index (χ0n) is 21.1. The molecule has 9 heteroatoms. The Morgan fingerprint density at radius 3 is 2.62 bits per heavy atom. The van der Waals surface area contributed by atoms with Crippen LogP contribution >= 0.6 is 0 Å². The first-order valence-electron chi connectivity index (χ1n) is 12.6. The number of amides is 1. The number of furan rings is 1. The standard InChI is InChI=1S/C28H31N3O5S/c1-3-35-24-6-4-5-22-19-25(36-26(22)24)28(32)31-14-11-21(12-15-31)27-29-13-16-30(27)17-18-37(33,34)23-9-7-20(2)8-10-23/h4-10,13,16,19,21H,3,11-12,14-15,17-18H2,1-2H3. The molecule has 0 atom stereocenters. The lowest BCUT2D eigenvalue weighted by Crippen LogP contribution is -2.38. The SMILES string of the molecule is CCOc1cccc2cc(C(=O)N3CCC(c4nccn4CCS(=O)(=O)c4ccc(C)cc4)CC3)oc12. The molecule has 1 saturated heterocycles. The van der Waals surface area contributed by atoms with Gasteiger partial charge in [-0.25, -0.2) is 13.4 Å². The van der Waals surface area contributed by atoms with E-state index in [1.807, 2.05) is 59.8 Å². The topological polar surface area (TPSA) is 94.6 Å². The molecule has 0 saturated carbocycles. The van der Waals surface area contributed by atoms with Gasteiger partial charge >= 0.3 is 0 Å². The minimum Gasteiger partial charge on any atom is -0.490 e. The van der Waals surface area contributed by atoms with Crippen LogP contribution in [0, 0.1) is 6.92 Å². The number of benzene rings is 2. The minimum absolute atomic E-state index is 0.00649. The van der Waals surface area contributed by atoms with Crippen molar-refractivity contribution in [2.45, 2.75) is 44.0 Å². The first-order valence-corrected chi connectivity index (χ1v) is 14.3. The summed E-state index contributed by atoms with van der Waals surface area (Å²) in [6.45, 7) is 5.85. The molecule has 0 bridgehead atoms. The number of imidazole rings is 1. The first kappa shape index (κ1) is 25.1. The highest BCUT2D eigenvalue weighted by atomic mass is 32.2. The van der Waals surface area contributed by atoms with Gasteiger partial charge in [0, 0.05) is 43.3 Å². The van der Waals surface area contributed by atoms with E-state index in [9.17, 15) is 13.2 Å². The number of para-hydroxylation sites is 1. The van der Waals surface area contributed by atoms with E-state index < -0.39 is 9.84 Å². The van der Waals surface area contributed by atoms with Gasteiger partial charge in [0.2, 0.25) is 0 Å². The molecule has 1 amide bonds. The molecule has 1 aliphatic rings. The lowest BCUT2D eigenvalue weighted by Gasteiger charge is -2.31. The summed E-state index contributed by atoms with van der Waals surface area (Å²) in [7, 11) is -3.39. The molecule has 0 unspecified atom stereocenters. The summed E-state index contributed by atoms with van der Waals surface area (Å²) in [6.07, 6.45) is 5.05. The molecule has 0 radical (unpaired) electrons. The summed E-state index contributed by atoms with van der Waals surface area (Å²) in [5.41, 5.74) is 1.61. The number of ether oxygens (including phenoxy) is 1. The predicted molar refractivity (Wildman–Crippen MR) is 141 cm³/mol. The van der Waals surface area contributed by atoms with Gasteiger partial charge < -0.3 is 18.6 Å². The molecule has 0 aliphatic carbocycles. The van der Waals surface area contributed by atoms with Crippen molar-refractivity contribution < 1.29 is 22.4 Å². The number of piperidine rings is 1. The average Bonchev–Trinajstić information content (AvgIpc) is 3.56. The third kappa shape index (κ3) is 5.27. The summed E-state index contributed by atoms with van der Waals surface area (Å²) < 4.78 is 39.1. The molecule has 194 valence electrons. The highest BCUT2D eigenvalue weighted by molar-refractivity contribution is 7.91. The molecular formula is C28H31N3O5S. The second-order valence-electron chi connectivity index (χ2n) is 9.40. The fourth-order valence-corrected chi connectivity index (χ4v) is 6.08. The number of fused-ring (bicyclic) bond motifs is 1. The van der Waals surface area contributed by atoms with E-state index in [1.165, 1.54) is 0 Å². The Morgan fingerprint density at radius 1 is 1.14 bits per heavy atom. The van der Waals surface area contributed by atoms with Crippen LogP contribution in [0.2, 0.25) is 0 Å². The third-order valence-corrected chi connectivity index (χ3v) is 8.61. The van der Waals surface area contributed by atoms with Gasteiger partial charge in [-0.05, 0) is 51.0 Å². The van der Waals surface area contributed by atoms with Crippen molar-refractivity contribution in [3.8, 4) is 5.75 Å². The van der Waals surface area contributed by atoms with E-state index in [-0.39, 0.29) is 17.6 Å². The quantitative estimate of drug-likeness (QED) is 0.330. The van der Waals surface area contributed by atoms with Gasteiger partial charge in [-0.1, -0.05) is 29.8 Å². The van der Waals surface area contributed by atoms with E-state index in [4.69, 9.17) is 9.15 Å². The Morgan fingerprint density at radius 2 is 1.89 bits per heavy atom. The summed E-state index contributed by atoms with van der Waals surface area (Å²) in [5, 5.41) is 0.840. The first-order chi connectivity index (χ1) is 17.9. The van der Waals surface area contributed by atoms with Crippen molar-refractivity contribution in [1.82, 2.24) is 14.5 Å². The monoisotopic (exact) mass is 521 g/mol. The van der Waals surface area contributed by atoms with Crippen LogP contribution in [0.3, 0.4) is 0 Å². The Bertz CT molecular complexity index is 1500. The van der Waals surface area contributed by atoms with Gasteiger partial charge in [0.25, 0.3) is 5.91 Å². The normalized spacial score (nSPS) is 14.8. The molecule has 2 aromatic heterocycles. The number of carbonyl (C=O) groups is 1. The third-order valence-electron chi connectivity index (χ3n) is 6.89. The molecule has 0 N–H and O–H groups in total. The van der Waals surface area contributed by atoms with Crippen molar-refractivity contribution in [3.63, 3.8) is 0 Å². The predicted octanol–water partition coefficient (Wildman–Crippen LogP) is 4.83. The summed E-state index contributed by atoms with van der Waals surface area (Å²) in [5.74, 6) is 1.84. The molecular weight excluding hydrogens is 490 g/mol. The maximum atomic E-state index is 13.2. The minimum atomic E-state index is -3.39. The van der Waals surface area contributed by atoms with Crippen molar-refractivity contribution >= 4 is 26.7 Å². The van der Waals surface area contributed by atoms with Gasteiger partial charge in [0.1, 0.15) is 5.82 Å². The van der Waals surface area contributed by atoms with Crippen LogP contribution in [0.15, 0.2) is 70.2 Å². The van der Waals surface area contributed by atoms with E-state index in [1.54, 1.807) is 24.4 Å². The smallest absolute Gasteiger partial charge is 0.289 e. The number of carbonyl (C=O) groups excluding carboxylic acids is 1. The van der Waals surface area contributed by atoms with Crippen LogP contribution in [0.5, 0.6) is 5.75 Å². The Kier molecular flexibility index (Phi) is 7.06. The maximum absolute atomic E-state index is 13.2. The summed E-state index contributed by atoms with van der Waals surface area (Å²) in [6, 6.07) is 14.3. The fourth-order valence-electron chi connectivity index (χ4n) is 4.86. The fraction of sp³-hybridized carbons (Fsp3) is 0.357. The van der Waals surface area contributed by atoms with Crippen molar-refractivity contribution in [2.75, 3.05) is 25.4 Å². The van der Waals surface area contributed by atoms with Gasteiger partial charge in [-0.3, -0.25) is 4.79 Å². The van der Waals surface area contributed by atoms with Gasteiger partial charge in [0.15, 0.2) is 26.9 Å². The van der Waals surface area contributed by atoms with Crippen molar-refractivity contribution in [2.24, 2.45) is 0 Å². The van der Waals surface area contributed by atoms with Gasteiger partial charge in [0.05, 0.1) is 17.3 Å². The number of hydrogen-bond acceptors (Lipinski definition) is 6. The molecule has 5 rings (SSSR count). The van der Waals surface area contributed by atoms with Gasteiger partial charge in [-0.2, -0.15) is 0 Å². The van der Waals surface area contributed by atoms with Gasteiger partial charge in [-0.15, -0.1) is 0 Å². The van der Waals surface area contributed by atoms with Crippen LogP contribution in [0.4, 0.5) is 0 Å². The summed E-state index contributed by atoms with van der Waals surface area (Å²) >= 11 is 0. The molecule has 4 aromatic rings. The molecule has 1 fully saturated rings. The summed E-state index contributed by atoms with van der Waals surface area (Å²) in [4.78, 5) is 19.9. The molecule has 8 nitrogen and oxygen atoms in total. The maximum Gasteiger partial charge on any atom is 0.289 e. The molecule has 37 heavy (non-hydrogen) atoms. The van der Waals surface area contributed by atoms with Crippen LogP contribution in [-0.2, 0) is 16.4 Å². The number of sulfone groups is 1. The van der Waals surface area contributed by atoms with Crippen LogP contribution in [0.25, 0.3) is 11.0 Å². The number of hydrogen-bond donors (Lipinski definition) is 0. The molecule has 1 aliphatic heterocycles.